The van der Waals surface area contributed by atoms with Gasteiger partial charge >= 0.3 is 0 Å². The van der Waals surface area contributed by atoms with Crippen molar-refractivity contribution >= 4 is 5.69 Å². The Hall–Kier alpha value is -2.04. The zero-order valence-electron chi connectivity index (χ0n) is 8.48. The molecule has 0 aliphatic heterocycles. The Morgan fingerprint density at radius 3 is 2.12 bits per heavy atom. The monoisotopic (exact) mass is 241 g/mol. The molecule has 2 aromatic rings. The maximum atomic E-state index is 13.6. The minimum Gasteiger partial charge on any atom is -0.394 e. The van der Waals surface area contributed by atoms with Crippen molar-refractivity contribution in [3.05, 3.63) is 53.6 Å². The fraction of sp³-hybridized carbons (Fsp3) is 0. The molecule has 0 aliphatic rings. The first-order valence-electron chi connectivity index (χ1n) is 4.69. The second kappa shape index (κ2) is 4.08. The van der Waals surface area contributed by atoms with Crippen molar-refractivity contribution in [3.8, 4) is 11.1 Å². The van der Waals surface area contributed by atoms with E-state index in [0.29, 0.717) is 0 Å². The topological polar surface area (TPSA) is 26.0 Å². The molecular formula is C12H7F4N. The molecule has 2 N–H and O–H groups in total. The van der Waals surface area contributed by atoms with Gasteiger partial charge in [0.15, 0.2) is 5.82 Å². The van der Waals surface area contributed by atoms with Crippen LogP contribution in [0.2, 0.25) is 0 Å². The summed E-state index contributed by atoms with van der Waals surface area (Å²) in [6, 6.07) is 4.51. The van der Waals surface area contributed by atoms with Gasteiger partial charge in [0.25, 0.3) is 0 Å². The Labute approximate surface area is 94.5 Å². The molecule has 2 rings (SSSR count). The number of nitrogens with two attached hydrogens (primary N) is 1. The van der Waals surface area contributed by atoms with E-state index in [2.05, 4.69) is 0 Å². The smallest absolute Gasteiger partial charge is 0.157 e. The van der Waals surface area contributed by atoms with Crippen LogP contribution in [-0.4, -0.2) is 0 Å². The van der Waals surface area contributed by atoms with Crippen LogP contribution >= 0.6 is 0 Å². The summed E-state index contributed by atoms with van der Waals surface area (Å²) in [5.74, 6) is -3.57. The molecule has 0 unspecified atom stereocenters. The Bertz CT molecular complexity index is 581. The Kier molecular flexibility index (Phi) is 2.75. The van der Waals surface area contributed by atoms with E-state index in [1.807, 2.05) is 0 Å². The van der Waals surface area contributed by atoms with Crippen LogP contribution in [0.5, 0.6) is 0 Å². The number of halogens is 4. The van der Waals surface area contributed by atoms with E-state index >= 15 is 0 Å². The van der Waals surface area contributed by atoms with E-state index in [9.17, 15) is 17.6 Å². The minimum absolute atomic E-state index is 0.277. The van der Waals surface area contributed by atoms with Crippen LogP contribution in [0.4, 0.5) is 23.2 Å². The lowest BCUT2D eigenvalue weighted by Crippen LogP contribution is -1.98. The van der Waals surface area contributed by atoms with E-state index in [-0.39, 0.29) is 11.1 Å². The minimum atomic E-state index is -1.10. The van der Waals surface area contributed by atoms with Gasteiger partial charge in [-0.05, 0) is 30.3 Å². The van der Waals surface area contributed by atoms with Crippen LogP contribution in [0.1, 0.15) is 0 Å². The van der Waals surface area contributed by atoms with E-state index in [1.165, 1.54) is 0 Å². The van der Waals surface area contributed by atoms with Crippen molar-refractivity contribution < 1.29 is 17.6 Å². The second-order valence-electron chi connectivity index (χ2n) is 3.45. The lowest BCUT2D eigenvalue weighted by atomic mass is 10.0. The molecule has 0 radical (unpaired) electrons. The van der Waals surface area contributed by atoms with Crippen LogP contribution in [-0.2, 0) is 0 Å². The van der Waals surface area contributed by atoms with Gasteiger partial charge in [-0.15, -0.1) is 0 Å². The van der Waals surface area contributed by atoms with Crippen molar-refractivity contribution in [3.63, 3.8) is 0 Å². The summed E-state index contributed by atoms with van der Waals surface area (Å²) in [6.45, 7) is 0. The maximum absolute atomic E-state index is 13.6. The van der Waals surface area contributed by atoms with Crippen LogP contribution < -0.4 is 5.73 Å². The molecule has 17 heavy (non-hydrogen) atoms. The molecule has 0 heterocycles. The van der Waals surface area contributed by atoms with Gasteiger partial charge in [0, 0.05) is 11.1 Å². The van der Waals surface area contributed by atoms with Crippen molar-refractivity contribution in [1.29, 1.82) is 0 Å². The van der Waals surface area contributed by atoms with Gasteiger partial charge in [-0.2, -0.15) is 0 Å². The quantitative estimate of drug-likeness (QED) is 0.600. The number of nitrogen functional groups attached to an aromatic ring is 1. The van der Waals surface area contributed by atoms with Crippen molar-refractivity contribution in [2.24, 2.45) is 0 Å². The van der Waals surface area contributed by atoms with Crippen LogP contribution in [0.25, 0.3) is 11.1 Å². The largest absolute Gasteiger partial charge is 0.394 e. The average Bonchev–Trinajstić information content (AvgIpc) is 2.30. The van der Waals surface area contributed by atoms with Gasteiger partial charge in [-0.1, -0.05) is 0 Å². The molecule has 1 nitrogen and oxygen atoms in total. The van der Waals surface area contributed by atoms with Gasteiger partial charge in [0.2, 0.25) is 0 Å². The molecule has 0 saturated carbocycles. The number of rotatable bonds is 1. The summed E-state index contributed by atoms with van der Waals surface area (Å²) < 4.78 is 52.9. The second-order valence-corrected chi connectivity index (χ2v) is 3.45. The van der Waals surface area contributed by atoms with Crippen molar-refractivity contribution in [2.75, 3.05) is 5.73 Å². The Morgan fingerprint density at radius 2 is 1.41 bits per heavy atom. The van der Waals surface area contributed by atoms with E-state index in [4.69, 9.17) is 5.73 Å². The lowest BCUT2D eigenvalue weighted by molar-refractivity contribution is 0.587. The Balaban J connectivity index is 2.69. The molecule has 5 heteroatoms. The molecular weight excluding hydrogens is 234 g/mol. The lowest BCUT2D eigenvalue weighted by Gasteiger charge is -2.07. The third-order valence-electron chi connectivity index (χ3n) is 2.35. The third-order valence-corrected chi connectivity index (χ3v) is 2.35. The van der Waals surface area contributed by atoms with Crippen molar-refractivity contribution in [2.45, 2.75) is 0 Å². The summed E-state index contributed by atoms with van der Waals surface area (Å²) in [5.41, 5.74) is 3.85. The van der Waals surface area contributed by atoms with E-state index < -0.39 is 29.0 Å². The summed E-state index contributed by atoms with van der Waals surface area (Å²) in [5, 5.41) is 0. The highest BCUT2D eigenvalue weighted by molar-refractivity contribution is 5.69. The normalized spacial score (nSPS) is 10.6. The number of hydrogen-bond donors (Lipinski definition) is 1. The highest BCUT2D eigenvalue weighted by Crippen LogP contribution is 2.30. The standard InChI is InChI=1S/C12H7F4N/c13-6-1-3-9(14)8(5-6)7-2-4-10(15)12(17)11(7)16/h1-5H,17H2. The van der Waals surface area contributed by atoms with Gasteiger partial charge < -0.3 is 5.73 Å². The summed E-state index contributed by atoms with van der Waals surface area (Å²) in [4.78, 5) is 0. The zero-order chi connectivity index (χ0) is 12.6. The molecule has 0 spiro atoms. The predicted molar refractivity (Wildman–Crippen MR) is 56.1 cm³/mol. The fourth-order valence-electron chi connectivity index (χ4n) is 1.48. The van der Waals surface area contributed by atoms with E-state index in [0.717, 1.165) is 30.3 Å². The average molecular weight is 241 g/mol. The zero-order valence-corrected chi connectivity index (χ0v) is 8.48. The van der Waals surface area contributed by atoms with E-state index in [1.54, 1.807) is 0 Å². The molecule has 0 aromatic heterocycles. The van der Waals surface area contributed by atoms with Gasteiger partial charge in [-0.3, -0.25) is 0 Å². The molecule has 0 aliphatic carbocycles. The number of benzene rings is 2. The summed E-state index contributed by atoms with van der Waals surface area (Å²) >= 11 is 0. The maximum Gasteiger partial charge on any atom is 0.157 e. The number of anilines is 1. The molecule has 0 amide bonds. The molecule has 0 saturated heterocycles. The highest BCUT2D eigenvalue weighted by atomic mass is 19.1. The first kappa shape index (κ1) is 11.4. The molecule has 88 valence electrons. The van der Waals surface area contributed by atoms with Gasteiger partial charge in [0.1, 0.15) is 23.1 Å². The van der Waals surface area contributed by atoms with Crippen molar-refractivity contribution in [1.82, 2.24) is 0 Å². The summed E-state index contributed by atoms with van der Waals surface area (Å²) in [7, 11) is 0. The predicted octanol–water partition coefficient (Wildman–Crippen LogP) is 3.49. The SMILES string of the molecule is Nc1c(F)ccc(-c2cc(F)ccc2F)c1F. The van der Waals surface area contributed by atoms with Crippen LogP contribution in [0, 0.1) is 23.3 Å². The van der Waals surface area contributed by atoms with Crippen LogP contribution in [0.15, 0.2) is 30.3 Å². The molecule has 0 fully saturated rings. The molecule has 0 bridgehead atoms. The first-order valence-corrected chi connectivity index (χ1v) is 4.69. The Morgan fingerprint density at radius 1 is 0.765 bits per heavy atom. The number of hydrogen-bond acceptors (Lipinski definition) is 1. The van der Waals surface area contributed by atoms with Gasteiger partial charge in [-0.25, -0.2) is 17.6 Å². The first-order chi connectivity index (χ1) is 8.00. The molecule has 2 aromatic carbocycles. The molecule has 0 atom stereocenters. The summed E-state index contributed by atoms with van der Waals surface area (Å²) in [6.07, 6.45) is 0. The highest BCUT2D eigenvalue weighted by Gasteiger charge is 2.15. The third kappa shape index (κ3) is 1.95. The van der Waals surface area contributed by atoms with Crippen LogP contribution in [0.3, 0.4) is 0 Å². The van der Waals surface area contributed by atoms with Gasteiger partial charge in [0.05, 0.1) is 0 Å². The fourth-order valence-corrected chi connectivity index (χ4v) is 1.48.